The summed E-state index contributed by atoms with van der Waals surface area (Å²) in [6.07, 6.45) is 9.88. The predicted molar refractivity (Wildman–Crippen MR) is 115 cm³/mol. The van der Waals surface area contributed by atoms with Gasteiger partial charge in [0, 0.05) is 50.2 Å². The van der Waals surface area contributed by atoms with Gasteiger partial charge in [-0.1, -0.05) is 18.2 Å². The molecule has 3 rings (SSSR count). The third-order valence-electron chi connectivity index (χ3n) is 5.54. The monoisotopic (exact) mass is 383 g/mol. The number of amides is 1. The number of nitrogens with one attached hydrogen (secondary N) is 1. The normalized spacial score (nSPS) is 18.4. The van der Waals surface area contributed by atoms with Crippen molar-refractivity contribution in [1.82, 2.24) is 14.8 Å². The average molecular weight is 384 g/mol. The van der Waals surface area contributed by atoms with Crippen molar-refractivity contribution in [2.45, 2.75) is 51.2 Å². The van der Waals surface area contributed by atoms with Crippen LogP contribution in [0.2, 0.25) is 0 Å². The van der Waals surface area contributed by atoms with Gasteiger partial charge in [0.25, 0.3) is 0 Å². The van der Waals surface area contributed by atoms with Crippen molar-refractivity contribution in [3.8, 4) is 0 Å². The number of hydrogen-bond donors (Lipinski definition) is 2. The zero-order chi connectivity index (χ0) is 20.3. The van der Waals surface area contributed by atoms with E-state index >= 15 is 0 Å². The van der Waals surface area contributed by atoms with Gasteiger partial charge < -0.3 is 15.0 Å². The van der Waals surface area contributed by atoms with Crippen LogP contribution < -0.4 is 0 Å². The van der Waals surface area contributed by atoms with Crippen LogP contribution in [-0.2, 0) is 11.2 Å². The molecule has 1 atom stereocenters. The molecule has 2 heterocycles. The molecular formula is C23H33N3O2. The molecule has 28 heavy (non-hydrogen) atoms. The molecule has 1 amide bonds. The van der Waals surface area contributed by atoms with E-state index in [2.05, 4.69) is 34.3 Å². The van der Waals surface area contributed by atoms with Gasteiger partial charge in [-0.25, -0.2) is 0 Å². The number of benzene rings is 1. The number of nitrogens with zero attached hydrogens (tertiary/aromatic N) is 2. The predicted octanol–water partition coefficient (Wildman–Crippen LogP) is 3.44. The lowest BCUT2D eigenvalue weighted by Gasteiger charge is -2.24. The molecule has 0 unspecified atom stereocenters. The number of rotatable bonds is 7. The average Bonchev–Trinajstić information content (AvgIpc) is 3.24. The Bertz CT molecular complexity index is 845. The molecule has 5 heteroatoms. The largest absolute Gasteiger partial charge is 0.386 e. The molecule has 0 bridgehead atoms. The fourth-order valence-corrected chi connectivity index (χ4v) is 3.91. The Balaban J connectivity index is 1.72. The van der Waals surface area contributed by atoms with Crippen molar-refractivity contribution in [3.05, 3.63) is 41.6 Å². The first-order valence-electron chi connectivity index (χ1n) is 10.2. The minimum absolute atomic E-state index is 0.195. The van der Waals surface area contributed by atoms with Crippen LogP contribution in [0.4, 0.5) is 0 Å². The number of aliphatic hydroxyl groups is 1. The maximum atomic E-state index is 11.9. The molecule has 0 spiro atoms. The third kappa shape index (κ3) is 5.24. The first kappa shape index (κ1) is 20.6. The van der Waals surface area contributed by atoms with E-state index in [-0.39, 0.29) is 5.91 Å². The Kier molecular flexibility index (Phi) is 6.26. The number of likely N-dealkylation sites (tertiary alicyclic amines) is 1. The van der Waals surface area contributed by atoms with Crippen molar-refractivity contribution < 1.29 is 9.90 Å². The number of carbonyl (C=O) groups excluding carboxylic acids is 1. The first-order chi connectivity index (χ1) is 13.2. The number of aromatic nitrogens is 1. The molecule has 1 saturated heterocycles. The molecule has 5 nitrogen and oxygen atoms in total. The van der Waals surface area contributed by atoms with Gasteiger partial charge in [-0.3, -0.25) is 9.69 Å². The highest BCUT2D eigenvalue weighted by molar-refractivity contribution is 5.85. The molecule has 0 aliphatic carbocycles. The smallest absolute Gasteiger partial charge is 0.223 e. The van der Waals surface area contributed by atoms with E-state index in [1.54, 1.807) is 18.7 Å². The second-order valence-electron chi connectivity index (χ2n) is 8.68. The Morgan fingerprint density at radius 1 is 1.39 bits per heavy atom. The van der Waals surface area contributed by atoms with Gasteiger partial charge in [-0.2, -0.15) is 0 Å². The lowest BCUT2D eigenvalue weighted by atomic mass is 10.0. The quantitative estimate of drug-likeness (QED) is 0.770. The molecule has 2 aromatic rings. The van der Waals surface area contributed by atoms with Crippen molar-refractivity contribution in [2.75, 3.05) is 27.2 Å². The molecule has 152 valence electrons. The second kappa shape index (κ2) is 8.50. The van der Waals surface area contributed by atoms with Gasteiger partial charge in [0.05, 0.1) is 5.60 Å². The summed E-state index contributed by atoms with van der Waals surface area (Å²) in [7, 11) is 3.64. The van der Waals surface area contributed by atoms with Gasteiger partial charge in [-0.05, 0) is 62.9 Å². The van der Waals surface area contributed by atoms with Gasteiger partial charge >= 0.3 is 0 Å². The van der Waals surface area contributed by atoms with Crippen molar-refractivity contribution in [1.29, 1.82) is 0 Å². The molecule has 1 fully saturated rings. The molecule has 1 aromatic carbocycles. The van der Waals surface area contributed by atoms with Crippen LogP contribution in [0, 0.1) is 0 Å². The Morgan fingerprint density at radius 2 is 2.18 bits per heavy atom. The van der Waals surface area contributed by atoms with E-state index in [1.165, 1.54) is 23.8 Å². The maximum absolute atomic E-state index is 11.9. The lowest BCUT2D eigenvalue weighted by Crippen LogP contribution is -2.35. The minimum Gasteiger partial charge on any atom is -0.386 e. The Hall–Kier alpha value is -2.11. The summed E-state index contributed by atoms with van der Waals surface area (Å²) in [6.45, 7) is 5.47. The minimum atomic E-state index is -0.815. The van der Waals surface area contributed by atoms with Crippen molar-refractivity contribution >= 4 is 22.9 Å². The summed E-state index contributed by atoms with van der Waals surface area (Å²) >= 11 is 0. The van der Waals surface area contributed by atoms with E-state index in [1.807, 2.05) is 26.2 Å². The van der Waals surface area contributed by atoms with Crippen LogP contribution in [0.3, 0.4) is 0 Å². The van der Waals surface area contributed by atoms with Crippen LogP contribution in [0.1, 0.15) is 44.2 Å². The molecule has 1 aromatic heterocycles. The van der Waals surface area contributed by atoms with Crippen LogP contribution >= 0.6 is 0 Å². The Labute approximate surface area is 168 Å². The zero-order valence-corrected chi connectivity index (χ0v) is 17.5. The van der Waals surface area contributed by atoms with Gasteiger partial charge in [0.15, 0.2) is 0 Å². The fraction of sp³-hybridized carbons (Fsp3) is 0.522. The van der Waals surface area contributed by atoms with Gasteiger partial charge in [0.2, 0.25) is 5.91 Å². The van der Waals surface area contributed by atoms with Gasteiger partial charge in [0.1, 0.15) is 0 Å². The zero-order valence-electron chi connectivity index (χ0n) is 17.5. The van der Waals surface area contributed by atoms with E-state index in [0.29, 0.717) is 12.5 Å². The number of H-pyrrole nitrogens is 1. The van der Waals surface area contributed by atoms with Crippen LogP contribution in [0.5, 0.6) is 0 Å². The number of fused-ring (bicyclic) bond motifs is 1. The van der Waals surface area contributed by atoms with Crippen molar-refractivity contribution in [3.63, 3.8) is 0 Å². The number of aromatic amines is 1. The number of hydrogen-bond acceptors (Lipinski definition) is 3. The standard InChI is InChI=1S/C23H33N3O2/c1-23(2,28)11-9-17-7-8-21-20(14-17)18(16-24-21)15-19-6-5-12-26(19)13-10-22(27)25(3)4/h7-9,11,14,16,19,24,28H,5-6,10,12-13,15H2,1-4H3/t19-/m1/s1. The van der Waals surface area contributed by atoms with Crippen LogP contribution in [-0.4, -0.2) is 64.6 Å². The molecule has 0 saturated carbocycles. The third-order valence-corrected chi connectivity index (χ3v) is 5.54. The highest BCUT2D eigenvalue weighted by atomic mass is 16.3. The van der Waals surface area contributed by atoms with Gasteiger partial charge in [-0.15, -0.1) is 0 Å². The summed E-state index contributed by atoms with van der Waals surface area (Å²) in [6, 6.07) is 6.85. The first-order valence-corrected chi connectivity index (χ1v) is 10.2. The topological polar surface area (TPSA) is 59.6 Å². The lowest BCUT2D eigenvalue weighted by molar-refractivity contribution is -0.129. The van der Waals surface area contributed by atoms with Crippen LogP contribution in [0.25, 0.3) is 17.0 Å². The highest BCUT2D eigenvalue weighted by Gasteiger charge is 2.26. The Morgan fingerprint density at radius 3 is 2.89 bits per heavy atom. The highest BCUT2D eigenvalue weighted by Crippen LogP contribution is 2.27. The summed E-state index contributed by atoms with van der Waals surface area (Å²) < 4.78 is 0. The molecular weight excluding hydrogens is 350 g/mol. The number of carbonyl (C=O) groups is 1. The molecule has 2 N–H and O–H groups in total. The van der Waals surface area contributed by atoms with Crippen molar-refractivity contribution in [2.24, 2.45) is 0 Å². The SMILES string of the molecule is CN(C)C(=O)CCN1CCC[C@@H]1Cc1c[nH]c2ccc(C=CC(C)(C)O)cc12. The van der Waals surface area contributed by atoms with E-state index in [9.17, 15) is 9.90 Å². The molecule has 1 aliphatic heterocycles. The van der Waals surface area contributed by atoms with Crippen LogP contribution in [0.15, 0.2) is 30.5 Å². The van der Waals surface area contributed by atoms with E-state index in [4.69, 9.17) is 0 Å². The summed E-state index contributed by atoms with van der Waals surface area (Å²) in [4.78, 5) is 19.5. The van der Waals surface area contributed by atoms with E-state index < -0.39 is 5.60 Å². The summed E-state index contributed by atoms with van der Waals surface area (Å²) in [5.41, 5.74) is 2.74. The van der Waals surface area contributed by atoms with E-state index in [0.717, 1.165) is 30.6 Å². The maximum Gasteiger partial charge on any atom is 0.223 e. The molecule has 0 radical (unpaired) electrons. The molecule has 1 aliphatic rings. The summed E-state index contributed by atoms with van der Waals surface area (Å²) in [5, 5.41) is 11.2. The second-order valence-corrected chi connectivity index (χ2v) is 8.68. The summed E-state index contributed by atoms with van der Waals surface area (Å²) in [5.74, 6) is 0.195. The fourth-order valence-electron chi connectivity index (χ4n) is 3.91.